The fraction of sp³-hybridized carbons (Fsp3) is 0. The summed E-state index contributed by atoms with van der Waals surface area (Å²) in [6.45, 7) is 0. The molecule has 0 aromatic heterocycles. The van der Waals surface area contributed by atoms with E-state index in [-0.39, 0.29) is 28.3 Å². The fourth-order valence-corrected chi connectivity index (χ4v) is 3.23. The maximum Gasteiger partial charge on any atom is 0.343 e. The first-order chi connectivity index (χ1) is 18.4. The molecule has 4 rings (SSSR count). The number of nitro benzene ring substituents is 1. The van der Waals surface area contributed by atoms with Crippen LogP contribution in [0.4, 0.5) is 5.69 Å². The van der Waals surface area contributed by atoms with Gasteiger partial charge in [-0.15, -0.1) is 0 Å². The van der Waals surface area contributed by atoms with Crippen LogP contribution in [-0.2, 0) is 0 Å². The van der Waals surface area contributed by atoms with Crippen LogP contribution in [-0.4, -0.2) is 29.0 Å². The topological polar surface area (TPSA) is 137 Å². The summed E-state index contributed by atoms with van der Waals surface area (Å²) in [5.41, 5.74) is 2.99. The summed E-state index contributed by atoms with van der Waals surface area (Å²) in [4.78, 5) is 47.8. The van der Waals surface area contributed by atoms with E-state index in [1.165, 1.54) is 42.6 Å². The number of benzene rings is 4. The molecule has 10 heteroatoms. The van der Waals surface area contributed by atoms with Crippen molar-refractivity contribution in [3.8, 4) is 11.5 Å². The van der Waals surface area contributed by atoms with Crippen LogP contribution >= 0.6 is 0 Å². The molecule has 0 aliphatic rings. The molecule has 0 atom stereocenters. The molecule has 0 heterocycles. The van der Waals surface area contributed by atoms with Crippen LogP contribution in [0, 0.1) is 10.1 Å². The largest absolute Gasteiger partial charge is 0.423 e. The van der Waals surface area contributed by atoms with Crippen molar-refractivity contribution in [2.24, 2.45) is 5.10 Å². The maximum absolute atomic E-state index is 12.7. The number of amides is 1. The summed E-state index contributed by atoms with van der Waals surface area (Å²) < 4.78 is 10.9. The second kappa shape index (κ2) is 11.9. The summed E-state index contributed by atoms with van der Waals surface area (Å²) in [6.07, 6.45) is 1.23. The van der Waals surface area contributed by atoms with Gasteiger partial charge in [0.15, 0.2) is 0 Å². The predicted octanol–water partition coefficient (Wildman–Crippen LogP) is 4.80. The fourth-order valence-electron chi connectivity index (χ4n) is 3.23. The summed E-state index contributed by atoms with van der Waals surface area (Å²) in [6, 6.07) is 26.1. The van der Waals surface area contributed by atoms with E-state index >= 15 is 0 Å². The van der Waals surface area contributed by atoms with Crippen LogP contribution < -0.4 is 14.9 Å². The van der Waals surface area contributed by atoms with Crippen molar-refractivity contribution >= 4 is 29.7 Å². The second-order valence-corrected chi connectivity index (χ2v) is 7.72. The third-order valence-corrected chi connectivity index (χ3v) is 5.11. The van der Waals surface area contributed by atoms with E-state index in [0.717, 1.165) is 6.07 Å². The molecule has 1 amide bonds. The highest BCUT2D eigenvalue weighted by atomic mass is 16.6. The van der Waals surface area contributed by atoms with Gasteiger partial charge in [0.25, 0.3) is 11.6 Å². The highest BCUT2D eigenvalue weighted by molar-refractivity contribution is 5.96. The number of rotatable bonds is 8. The molecule has 0 radical (unpaired) electrons. The van der Waals surface area contributed by atoms with Gasteiger partial charge in [-0.3, -0.25) is 14.9 Å². The Kier molecular flexibility index (Phi) is 7.95. The van der Waals surface area contributed by atoms with E-state index in [4.69, 9.17) is 9.47 Å². The molecule has 38 heavy (non-hydrogen) atoms. The van der Waals surface area contributed by atoms with Crippen molar-refractivity contribution in [3.05, 3.63) is 135 Å². The summed E-state index contributed by atoms with van der Waals surface area (Å²) in [7, 11) is 0. The Morgan fingerprint density at radius 3 is 1.97 bits per heavy atom. The lowest BCUT2D eigenvalue weighted by Crippen LogP contribution is -2.18. The SMILES string of the molecule is O=C(N/N=C\c1ccc(OC(=O)c2ccccc2)cc1OC(=O)c1ccccc1)c1cccc([N+](=O)[O-])c1. The zero-order chi connectivity index (χ0) is 26.9. The van der Waals surface area contributed by atoms with Gasteiger partial charge in [-0.05, 0) is 42.5 Å². The van der Waals surface area contributed by atoms with Crippen molar-refractivity contribution in [2.45, 2.75) is 0 Å². The van der Waals surface area contributed by atoms with E-state index in [0.29, 0.717) is 11.1 Å². The molecule has 0 saturated carbocycles. The summed E-state index contributed by atoms with van der Waals surface area (Å²) >= 11 is 0. The molecule has 4 aromatic rings. The Balaban J connectivity index is 1.55. The number of non-ortho nitro benzene ring substituents is 1. The van der Waals surface area contributed by atoms with Crippen LogP contribution in [0.2, 0.25) is 0 Å². The first kappa shape index (κ1) is 25.5. The monoisotopic (exact) mass is 509 g/mol. The smallest absolute Gasteiger partial charge is 0.343 e. The third-order valence-electron chi connectivity index (χ3n) is 5.11. The Morgan fingerprint density at radius 1 is 0.737 bits per heavy atom. The zero-order valence-electron chi connectivity index (χ0n) is 19.6. The van der Waals surface area contributed by atoms with Crippen LogP contribution in [0.3, 0.4) is 0 Å². The lowest BCUT2D eigenvalue weighted by molar-refractivity contribution is -0.384. The molecule has 4 aromatic carbocycles. The number of carbonyl (C=O) groups excluding carboxylic acids is 3. The van der Waals surface area contributed by atoms with Gasteiger partial charge in [-0.1, -0.05) is 42.5 Å². The molecule has 0 saturated heterocycles. The van der Waals surface area contributed by atoms with E-state index in [1.807, 2.05) is 0 Å². The summed E-state index contributed by atoms with van der Waals surface area (Å²) in [5, 5.41) is 14.8. The third kappa shape index (κ3) is 6.52. The molecule has 0 unspecified atom stereocenters. The van der Waals surface area contributed by atoms with E-state index < -0.39 is 22.8 Å². The zero-order valence-corrected chi connectivity index (χ0v) is 19.6. The van der Waals surface area contributed by atoms with Crippen molar-refractivity contribution in [3.63, 3.8) is 0 Å². The number of hydrogen-bond donors (Lipinski definition) is 1. The highest BCUT2D eigenvalue weighted by Gasteiger charge is 2.15. The van der Waals surface area contributed by atoms with Crippen LogP contribution in [0.15, 0.2) is 108 Å². The van der Waals surface area contributed by atoms with Gasteiger partial charge in [0.05, 0.1) is 22.3 Å². The van der Waals surface area contributed by atoms with Gasteiger partial charge in [0, 0.05) is 29.3 Å². The number of nitrogens with zero attached hydrogens (tertiary/aromatic N) is 2. The van der Waals surface area contributed by atoms with Gasteiger partial charge in [-0.2, -0.15) is 5.10 Å². The van der Waals surface area contributed by atoms with Crippen LogP contribution in [0.5, 0.6) is 11.5 Å². The lowest BCUT2D eigenvalue weighted by Gasteiger charge is -2.10. The van der Waals surface area contributed by atoms with Gasteiger partial charge >= 0.3 is 11.9 Å². The van der Waals surface area contributed by atoms with E-state index in [1.54, 1.807) is 60.7 Å². The normalized spacial score (nSPS) is 10.5. The van der Waals surface area contributed by atoms with Crippen LogP contribution in [0.25, 0.3) is 0 Å². The minimum absolute atomic E-state index is 0.0190. The van der Waals surface area contributed by atoms with Crippen molar-refractivity contribution in [2.75, 3.05) is 0 Å². The number of nitrogens with one attached hydrogen (secondary N) is 1. The van der Waals surface area contributed by atoms with Gasteiger partial charge in [0.1, 0.15) is 11.5 Å². The van der Waals surface area contributed by atoms with Crippen LogP contribution in [0.1, 0.15) is 36.6 Å². The quantitative estimate of drug-likeness (QED) is 0.118. The number of carbonyl (C=O) groups is 3. The lowest BCUT2D eigenvalue weighted by atomic mass is 10.2. The van der Waals surface area contributed by atoms with E-state index in [9.17, 15) is 24.5 Å². The summed E-state index contributed by atoms with van der Waals surface area (Å²) in [5.74, 6) is -1.80. The molecule has 0 bridgehead atoms. The molecule has 0 fully saturated rings. The second-order valence-electron chi connectivity index (χ2n) is 7.72. The predicted molar refractivity (Wildman–Crippen MR) is 137 cm³/mol. The Hall–Kier alpha value is -5.64. The number of ether oxygens (including phenoxy) is 2. The first-order valence-corrected chi connectivity index (χ1v) is 11.2. The maximum atomic E-state index is 12.7. The Morgan fingerprint density at radius 2 is 1.34 bits per heavy atom. The molecular formula is C28H19N3O7. The number of esters is 2. The first-order valence-electron chi connectivity index (χ1n) is 11.2. The molecule has 10 nitrogen and oxygen atoms in total. The van der Waals surface area contributed by atoms with E-state index in [2.05, 4.69) is 10.5 Å². The molecule has 188 valence electrons. The average Bonchev–Trinajstić information content (AvgIpc) is 2.95. The van der Waals surface area contributed by atoms with Gasteiger partial charge in [0.2, 0.25) is 0 Å². The number of hydrogen-bond acceptors (Lipinski definition) is 8. The molecule has 0 aliphatic heterocycles. The Labute approximate surface area is 216 Å². The number of hydrazone groups is 1. The molecule has 0 aliphatic carbocycles. The minimum Gasteiger partial charge on any atom is -0.423 e. The number of nitro groups is 1. The average molecular weight is 509 g/mol. The Bertz CT molecular complexity index is 1520. The van der Waals surface area contributed by atoms with Crippen molar-refractivity contribution < 1.29 is 28.8 Å². The standard InChI is InChI=1S/C28H19N3O7/c32-26(21-12-7-13-23(16-21)31(35)36)30-29-18-22-14-15-24(37-27(33)19-8-3-1-4-9-19)17-25(22)38-28(34)20-10-5-2-6-11-20/h1-18H,(H,30,32)/b29-18-. The molecule has 1 N–H and O–H groups in total. The molecule has 0 spiro atoms. The van der Waals surface area contributed by atoms with Gasteiger partial charge < -0.3 is 9.47 Å². The molecular weight excluding hydrogens is 490 g/mol. The van der Waals surface area contributed by atoms with Crippen molar-refractivity contribution in [1.82, 2.24) is 5.43 Å². The van der Waals surface area contributed by atoms with Gasteiger partial charge in [-0.25, -0.2) is 15.0 Å². The minimum atomic E-state index is -0.679. The van der Waals surface area contributed by atoms with Crippen molar-refractivity contribution in [1.29, 1.82) is 0 Å². The highest BCUT2D eigenvalue weighted by Crippen LogP contribution is 2.26.